The molecule has 0 unspecified atom stereocenters. The Balaban J connectivity index is 2.07. The van der Waals surface area contributed by atoms with Crippen molar-refractivity contribution in [3.8, 4) is 5.75 Å². The molecule has 152 valence electrons. The Morgan fingerprint density at radius 1 is 1.22 bits per heavy atom. The van der Waals surface area contributed by atoms with E-state index in [1.165, 1.54) is 17.5 Å². The second-order valence-electron chi connectivity index (χ2n) is 6.28. The van der Waals surface area contributed by atoms with Crippen LogP contribution in [0.5, 0.6) is 5.75 Å². The van der Waals surface area contributed by atoms with E-state index < -0.39 is 10.0 Å². The maximum atomic E-state index is 13.0. The summed E-state index contributed by atoms with van der Waals surface area (Å²) >= 11 is 0. The summed E-state index contributed by atoms with van der Waals surface area (Å²) in [7, 11) is -2.27. The minimum Gasteiger partial charge on any atom is -0.495 e. The number of carbonyl (C=O) groups is 1. The van der Waals surface area contributed by atoms with Gasteiger partial charge >= 0.3 is 0 Å². The van der Waals surface area contributed by atoms with Crippen LogP contribution in [-0.4, -0.2) is 71.7 Å². The third-order valence-corrected chi connectivity index (χ3v) is 6.15. The molecule has 1 aromatic rings. The minimum absolute atomic E-state index is 0.0850. The highest BCUT2D eigenvalue weighted by Crippen LogP contribution is 2.28. The van der Waals surface area contributed by atoms with Crippen molar-refractivity contribution >= 4 is 15.9 Å². The smallest absolute Gasteiger partial charge is 0.246 e. The highest BCUT2D eigenvalue weighted by atomic mass is 32.2. The summed E-state index contributed by atoms with van der Waals surface area (Å²) < 4.78 is 37.8. The maximum Gasteiger partial charge on any atom is 0.246 e. The SMILES string of the molecule is CCCNCCNC(=O)Cc1ccc(OC)c(S(=O)(=O)N2CCOCC2)c1. The molecule has 1 saturated heterocycles. The molecular weight excluding hydrogens is 370 g/mol. The summed E-state index contributed by atoms with van der Waals surface area (Å²) in [5.41, 5.74) is 0.627. The number of benzene rings is 1. The van der Waals surface area contributed by atoms with Gasteiger partial charge in [-0.25, -0.2) is 8.42 Å². The molecular formula is C18H29N3O5S. The van der Waals surface area contributed by atoms with Gasteiger partial charge in [0.15, 0.2) is 0 Å². The fourth-order valence-corrected chi connectivity index (χ4v) is 4.41. The zero-order valence-corrected chi connectivity index (χ0v) is 16.8. The van der Waals surface area contributed by atoms with Crippen molar-refractivity contribution in [1.29, 1.82) is 0 Å². The largest absolute Gasteiger partial charge is 0.495 e. The van der Waals surface area contributed by atoms with Crippen LogP contribution in [0, 0.1) is 0 Å². The minimum atomic E-state index is -3.70. The van der Waals surface area contributed by atoms with Crippen LogP contribution < -0.4 is 15.4 Å². The molecule has 1 heterocycles. The molecule has 1 aromatic carbocycles. The van der Waals surface area contributed by atoms with Crippen LogP contribution in [0.25, 0.3) is 0 Å². The van der Waals surface area contributed by atoms with Crippen LogP contribution in [-0.2, 0) is 26.0 Å². The first-order valence-electron chi connectivity index (χ1n) is 9.21. The van der Waals surface area contributed by atoms with E-state index in [-0.39, 0.29) is 23.0 Å². The Labute approximate surface area is 161 Å². The normalized spacial score (nSPS) is 15.5. The molecule has 2 N–H and O–H groups in total. The van der Waals surface area contributed by atoms with Crippen LogP contribution in [0.15, 0.2) is 23.1 Å². The molecule has 2 rings (SSSR count). The third kappa shape index (κ3) is 6.17. The van der Waals surface area contributed by atoms with Crippen molar-refractivity contribution in [2.45, 2.75) is 24.7 Å². The van der Waals surface area contributed by atoms with Crippen molar-refractivity contribution in [3.63, 3.8) is 0 Å². The third-order valence-electron chi connectivity index (χ3n) is 4.23. The monoisotopic (exact) mass is 399 g/mol. The van der Waals surface area contributed by atoms with E-state index in [1.54, 1.807) is 12.1 Å². The van der Waals surface area contributed by atoms with Crippen LogP contribution in [0.4, 0.5) is 0 Å². The average molecular weight is 400 g/mol. The van der Waals surface area contributed by atoms with E-state index >= 15 is 0 Å². The Hall–Kier alpha value is -1.68. The van der Waals surface area contributed by atoms with Gasteiger partial charge < -0.3 is 20.1 Å². The average Bonchev–Trinajstić information content (AvgIpc) is 2.68. The van der Waals surface area contributed by atoms with E-state index in [1.807, 2.05) is 0 Å². The predicted molar refractivity (Wildman–Crippen MR) is 102 cm³/mol. The molecule has 9 heteroatoms. The summed E-state index contributed by atoms with van der Waals surface area (Å²) in [5.74, 6) is 0.127. The first-order chi connectivity index (χ1) is 13.0. The van der Waals surface area contributed by atoms with Gasteiger partial charge in [-0.05, 0) is 30.7 Å². The Morgan fingerprint density at radius 2 is 1.96 bits per heavy atom. The van der Waals surface area contributed by atoms with Gasteiger partial charge in [-0.1, -0.05) is 13.0 Å². The Morgan fingerprint density at radius 3 is 2.63 bits per heavy atom. The number of hydrogen-bond donors (Lipinski definition) is 2. The number of nitrogens with one attached hydrogen (secondary N) is 2. The predicted octanol–water partition coefficient (Wildman–Crippen LogP) is 0.374. The second kappa shape index (κ2) is 10.6. The van der Waals surface area contributed by atoms with Crippen molar-refractivity contribution in [2.24, 2.45) is 0 Å². The van der Waals surface area contributed by atoms with Crippen molar-refractivity contribution in [3.05, 3.63) is 23.8 Å². The number of carbonyl (C=O) groups excluding carboxylic acids is 1. The number of nitrogens with zero attached hydrogens (tertiary/aromatic N) is 1. The van der Waals surface area contributed by atoms with Crippen molar-refractivity contribution in [1.82, 2.24) is 14.9 Å². The van der Waals surface area contributed by atoms with Gasteiger partial charge in [-0.2, -0.15) is 4.31 Å². The molecule has 1 aliphatic rings. The van der Waals surface area contributed by atoms with E-state index in [9.17, 15) is 13.2 Å². The molecule has 0 bridgehead atoms. The Kier molecular flexibility index (Phi) is 8.49. The molecule has 0 aliphatic carbocycles. The lowest BCUT2D eigenvalue weighted by Crippen LogP contribution is -2.40. The van der Waals surface area contributed by atoms with Crippen molar-refractivity contribution in [2.75, 3.05) is 53.0 Å². The van der Waals surface area contributed by atoms with Gasteiger partial charge in [-0.15, -0.1) is 0 Å². The maximum absolute atomic E-state index is 13.0. The van der Waals surface area contributed by atoms with Gasteiger partial charge in [0.25, 0.3) is 0 Å². The molecule has 1 amide bonds. The molecule has 8 nitrogen and oxygen atoms in total. The number of rotatable bonds is 10. The van der Waals surface area contributed by atoms with E-state index in [2.05, 4.69) is 17.6 Å². The summed E-state index contributed by atoms with van der Waals surface area (Å²) in [6.45, 7) is 5.59. The number of hydrogen-bond acceptors (Lipinski definition) is 6. The first kappa shape index (κ1) is 21.6. The highest BCUT2D eigenvalue weighted by molar-refractivity contribution is 7.89. The standard InChI is InChI=1S/C18H29N3O5S/c1-3-6-19-7-8-20-18(22)14-15-4-5-16(25-2)17(13-15)27(23,24)21-9-11-26-12-10-21/h4-5,13,19H,3,6-12,14H2,1-2H3,(H,20,22). The molecule has 0 radical (unpaired) electrons. The molecule has 0 saturated carbocycles. The van der Waals surface area contributed by atoms with Gasteiger partial charge in [-0.3, -0.25) is 4.79 Å². The van der Waals surface area contributed by atoms with E-state index in [0.717, 1.165) is 13.0 Å². The second-order valence-corrected chi connectivity index (χ2v) is 8.18. The lowest BCUT2D eigenvalue weighted by atomic mass is 10.1. The van der Waals surface area contributed by atoms with E-state index in [0.29, 0.717) is 45.0 Å². The fraction of sp³-hybridized carbons (Fsp3) is 0.611. The van der Waals surface area contributed by atoms with Crippen LogP contribution in [0.2, 0.25) is 0 Å². The number of morpholine rings is 1. The van der Waals surface area contributed by atoms with Gasteiger partial charge in [0.2, 0.25) is 15.9 Å². The van der Waals surface area contributed by atoms with Crippen LogP contribution in [0.1, 0.15) is 18.9 Å². The quantitative estimate of drug-likeness (QED) is 0.552. The number of sulfonamides is 1. The summed E-state index contributed by atoms with van der Waals surface area (Å²) in [6, 6.07) is 4.84. The zero-order chi connectivity index (χ0) is 19.7. The summed E-state index contributed by atoms with van der Waals surface area (Å²) in [4.78, 5) is 12.2. The number of ether oxygens (including phenoxy) is 2. The lowest BCUT2D eigenvalue weighted by Gasteiger charge is -2.26. The molecule has 0 aromatic heterocycles. The molecule has 0 atom stereocenters. The zero-order valence-electron chi connectivity index (χ0n) is 16.0. The topological polar surface area (TPSA) is 97.0 Å². The van der Waals surface area contributed by atoms with Gasteiger partial charge in [0, 0.05) is 26.2 Å². The summed E-state index contributed by atoms with van der Waals surface area (Å²) in [6.07, 6.45) is 1.16. The van der Waals surface area contributed by atoms with Gasteiger partial charge in [0.1, 0.15) is 10.6 Å². The molecule has 27 heavy (non-hydrogen) atoms. The number of amides is 1. The molecule has 1 aliphatic heterocycles. The summed E-state index contributed by atoms with van der Waals surface area (Å²) in [5, 5.41) is 6.04. The molecule has 0 spiro atoms. The van der Waals surface area contributed by atoms with Crippen LogP contribution in [0.3, 0.4) is 0 Å². The lowest BCUT2D eigenvalue weighted by molar-refractivity contribution is -0.120. The van der Waals surface area contributed by atoms with Crippen LogP contribution >= 0.6 is 0 Å². The highest BCUT2D eigenvalue weighted by Gasteiger charge is 2.29. The Bertz CT molecular complexity index is 718. The molecule has 1 fully saturated rings. The first-order valence-corrected chi connectivity index (χ1v) is 10.6. The van der Waals surface area contributed by atoms with E-state index in [4.69, 9.17) is 9.47 Å². The van der Waals surface area contributed by atoms with Gasteiger partial charge in [0.05, 0.1) is 26.7 Å². The fourth-order valence-electron chi connectivity index (χ4n) is 2.80. The van der Waals surface area contributed by atoms with Crippen molar-refractivity contribution < 1.29 is 22.7 Å². The number of methoxy groups -OCH3 is 1.